The quantitative estimate of drug-likeness (QED) is 0.0796. The van der Waals surface area contributed by atoms with Crippen LogP contribution in [-0.2, 0) is 41.7 Å². The molecule has 0 fully saturated rings. The molecule has 11 nitrogen and oxygen atoms in total. The Morgan fingerprint density at radius 2 is 1.24 bits per heavy atom. The highest BCUT2D eigenvalue weighted by molar-refractivity contribution is 5.69. The second-order valence-electron chi connectivity index (χ2n) is 11.0. The van der Waals surface area contributed by atoms with Crippen LogP contribution in [0.2, 0.25) is 0 Å². The van der Waals surface area contributed by atoms with Gasteiger partial charge in [-0.15, -0.1) is 0 Å². The zero-order valence-corrected chi connectivity index (χ0v) is 28.6. The summed E-state index contributed by atoms with van der Waals surface area (Å²) >= 11 is 0. The lowest BCUT2D eigenvalue weighted by atomic mass is 10.2. The van der Waals surface area contributed by atoms with Crippen molar-refractivity contribution in [1.29, 1.82) is 0 Å². The summed E-state index contributed by atoms with van der Waals surface area (Å²) in [6.07, 6.45) is 0.210. The molecule has 0 radical (unpaired) electrons. The molecule has 0 heterocycles. The summed E-state index contributed by atoms with van der Waals surface area (Å²) in [7, 11) is 0. The number of rotatable bonds is 28. The van der Waals surface area contributed by atoms with Crippen LogP contribution in [0.4, 0.5) is 8.78 Å². The van der Waals surface area contributed by atoms with Crippen LogP contribution >= 0.6 is 0 Å². The average Bonchev–Trinajstić information content (AvgIpc) is 3.12. The van der Waals surface area contributed by atoms with Gasteiger partial charge in [0, 0.05) is 32.2 Å². The fraction of sp³-hybridized carbons (Fsp3) is 0.486. The number of benzene rings is 3. The van der Waals surface area contributed by atoms with E-state index in [-0.39, 0.29) is 37.4 Å². The van der Waals surface area contributed by atoms with E-state index in [9.17, 15) is 18.7 Å². The molecule has 0 amide bonds. The second-order valence-corrected chi connectivity index (χ2v) is 11.0. The van der Waals surface area contributed by atoms with Crippen molar-refractivity contribution in [3.63, 3.8) is 0 Å². The standard InChI is InChI=1S/C37H49F2NO10/c1-2-47-37(42)4-3-16-43-18-20-45-22-23-46-21-19-44-17-15-40-25-33(41)28-48-34-13-14-35(49-26-29-5-9-31(38)10-6-29)36(24-34)50-27-30-7-11-32(39)12-8-30/h5-14,24,33,40-41H,2-4,15-23,25-28H2,1H3/t33-/m1/s1. The predicted octanol–water partition coefficient (Wildman–Crippen LogP) is 4.86. The first-order chi connectivity index (χ1) is 24.4. The summed E-state index contributed by atoms with van der Waals surface area (Å²) in [5, 5.41) is 13.5. The molecular formula is C37H49F2NO10. The monoisotopic (exact) mass is 705 g/mol. The first kappa shape index (κ1) is 40.6. The summed E-state index contributed by atoms with van der Waals surface area (Å²) in [4.78, 5) is 11.2. The number of aliphatic hydroxyl groups is 1. The van der Waals surface area contributed by atoms with Crippen LogP contribution < -0.4 is 19.5 Å². The van der Waals surface area contributed by atoms with Gasteiger partial charge in [0.25, 0.3) is 0 Å². The first-order valence-corrected chi connectivity index (χ1v) is 16.8. The maximum Gasteiger partial charge on any atom is 0.305 e. The van der Waals surface area contributed by atoms with Crippen molar-refractivity contribution in [3.05, 3.63) is 89.5 Å². The molecule has 0 aromatic heterocycles. The summed E-state index contributed by atoms with van der Waals surface area (Å²) in [5.74, 6) is 0.452. The minimum Gasteiger partial charge on any atom is -0.491 e. The maximum atomic E-state index is 13.3. The summed E-state index contributed by atoms with van der Waals surface area (Å²) in [6.45, 7) is 7.06. The van der Waals surface area contributed by atoms with Crippen molar-refractivity contribution in [3.8, 4) is 17.2 Å². The van der Waals surface area contributed by atoms with E-state index in [2.05, 4.69) is 5.32 Å². The van der Waals surface area contributed by atoms with Gasteiger partial charge in [0.2, 0.25) is 0 Å². The first-order valence-electron chi connectivity index (χ1n) is 16.8. The normalized spacial score (nSPS) is 11.7. The fourth-order valence-corrected chi connectivity index (χ4v) is 4.27. The van der Waals surface area contributed by atoms with Gasteiger partial charge in [0.1, 0.15) is 43.3 Å². The lowest BCUT2D eigenvalue weighted by Crippen LogP contribution is -2.33. The Morgan fingerprint density at radius 1 is 0.700 bits per heavy atom. The third-order valence-corrected chi connectivity index (χ3v) is 6.87. The van der Waals surface area contributed by atoms with Crippen LogP contribution in [0.15, 0.2) is 66.7 Å². The van der Waals surface area contributed by atoms with E-state index in [0.717, 1.165) is 11.1 Å². The second kappa shape index (κ2) is 25.2. The lowest BCUT2D eigenvalue weighted by molar-refractivity contribution is -0.143. The highest BCUT2D eigenvalue weighted by Crippen LogP contribution is 2.33. The number of aliphatic hydroxyl groups excluding tert-OH is 1. The molecular weight excluding hydrogens is 656 g/mol. The van der Waals surface area contributed by atoms with E-state index in [1.54, 1.807) is 49.4 Å². The zero-order valence-electron chi connectivity index (χ0n) is 28.6. The number of carbonyl (C=O) groups excluding carboxylic acids is 1. The highest BCUT2D eigenvalue weighted by atomic mass is 19.1. The molecule has 1 atom stereocenters. The van der Waals surface area contributed by atoms with Crippen LogP contribution in [0, 0.1) is 11.6 Å². The molecule has 0 aliphatic heterocycles. The van der Waals surface area contributed by atoms with Crippen molar-refractivity contribution >= 4 is 5.97 Å². The van der Waals surface area contributed by atoms with Crippen molar-refractivity contribution in [2.75, 3.05) is 79.2 Å². The molecule has 0 bridgehead atoms. The predicted molar refractivity (Wildman–Crippen MR) is 181 cm³/mol. The van der Waals surface area contributed by atoms with Gasteiger partial charge in [-0.05, 0) is 60.9 Å². The van der Waals surface area contributed by atoms with Crippen LogP contribution in [0.3, 0.4) is 0 Å². The third kappa shape index (κ3) is 18.2. The van der Waals surface area contributed by atoms with Gasteiger partial charge in [-0.3, -0.25) is 4.79 Å². The number of esters is 1. The number of halogens is 2. The largest absolute Gasteiger partial charge is 0.491 e. The summed E-state index contributed by atoms with van der Waals surface area (Å²) in [6, 6.07) is 17.1. The molecule has 2 N–H and O–H groups in total. The van der Waals surface area contributed by atoms with Crippen LogP contribution in [0.25, 0.3) is 0 Å². The SMILES string of the molecule is CCOC(=O)CCCOCCOCCOCCOCCNC[C@@H](O)COc1ccc(OCc2ccc(F)cc2)c(OCc2ccc(F)cc2)c1. The van der Waals surface area contributed by atoms with Gasteiger partial charge >= 0.3 is 5.97 Å². The van der Waals surface area contributed by atoms with Crippen LogP contribution in [0.5, 0.6) is 17.2 Å². The van der Waals surface area contributed by atoms with Gasteiger partial charge in [-0.25, -0.2) is 8.78 Å². The minimum absolute atomic E-state index is 0.0402. The van der Waals surface area contributed by atoms with Crippen molar-refractivity contribution in [2.24, 2.45) is 0 Å². The van der Waals surface area contributed by atoms with E-state index in [4.69, 9.17) is 37.9 Å². The molecule has 0 spiro atoms. The summed E-state index contributed by atoms with van der Waals surface area (Å²) < 4.78 is 71.1. The van der Waals surface area contributed by atoms with Crippen LogP contribution in [0.1, 0.15) is 30.9 Å². The fourth-order valence-electron chi connectivity index (χ4n) is 4.27. The van der Waals surface area contributed by atoms with Crippen molar-refractivity contribution in [2.45, 2.75) is 39.1 Å². The van der Waals surface area contributed by atoms with E-state index in [1.165, 1.54) is 24.3 Å². The smallest absolute Gasteiger partial charge is 0.305 e. The molecule has 0 saturated heterocycles. The molecule has 3 rings (SSSR count). The van der Waals surface area contributed by atoms with Crippen molar-refractivity contribution in [1.82, 2.24) is 5.32 Å². The van der Waals surface area contributed by atoms with Crippen molar-refractivity contribution < 1.29 is 56.6 Å². The Hall–Kier alpha value is -3.85. The van der Waals surface area contributed by atoms with E-state index in [0.29, 0.717) is 103 Å². The molecule has 3 aromatic rings. The Balaban J connectivity index is 1.24. The van der Waals surface area contributed by atoms with Gasteiger partial charge in [0.05, 0.1) is 52.9 Å². The number of hydrogen-bond donors (Lipinski definition) is 2. The number of nitrogens with one attached hydrogen (secondary N) is 1. The molecule has 0 unspecified atom stereocenters. The molecule has 50 heavy (non-hydrogen) atoms. The lowest BCUT2D eigenvalue weighted by Gasteiger charge is -2.17. The molecule has 276 valence electrons. The highest BCUT2D eigenvalue weighted by Gasteiger charge is 2.11. The van der Waals surface area contributed by atoms with Gasteiger partial charge in [0.15, 0.2) is 11.5 Å². The van der Waals surface area contributed by atoms with E-state index >= 15 is 0 Å². The third-order valence-electron chi connectivity index (χ3n) is 6.87. The van der Waals surface area contributed by atoms with Gasteiger partial charge in [-0.1, -0.05) is 24.3 Å². The molecule has 0 saturated carbocycles. The molecule has 3 aromatic carbocycles. The topological polar surface area (TPSA) is 123 Å². The van der Waals surface area contributed by atoms with E-state index in [1.807, 2.05) is 0 Å². The van der Waals surface area contributed by atoms with Gasteiger partial charge < -0.3 is 48.3 Å². The molecule has 0 aliphatic carbocycles. The summed E-state index contributed by atoms with van der Waals surface area (Å²) in [5.41, 5.74) is 1.55. The maximum absolute atomic E-state index is 13.3. The van der Waals surface area contributed by atoms with Crippen LogP contribution in [-0.4, -0.2) is 96.3 Å². The Labute approximate surface area is 292 Å². The Bertz CT molecular complexity index is 1330. The number of hydrogen-bond acceptors (Lipinski definition) is 11. The number of ether oxygens (including phenoxy) is 8. The Kier molecular flexibility index (Phi) is 20.4. The average molecular weight is 706 g/mol. The van der Waals surface area contributed by atoms with Gasteiger partial charge in [-0.2, -0.15) is 0 Å². The molecule has 13 heteroatoms. The number of carbonyl (C=O) groups is 1. The molecule has 0 aliphatic rings. The Morgan fingerprint density at radius 3 is 1.82 bits per heavy atom. The zero-order chi connectivity index (χ0) is 35.7. The van der Waals surface area contributed by atoms with E-state index < -0.39 is 6.10 Å². The minimum atomic E-state index is -0.772.